The van der Waals surface area contributed by atoms with E-state index in [1.54, 1.807) is 0 Å². The molecule has 3 aliphatic rings. The molecule has 2 saturated heterocycles. The number of hydrogen-bond donors (Lipinski definition) is 3. The number of likely N-dealkylation sites (tertiary alicyclic amines) is 2. The number of halogens is 1. The number of aliphatic imine (C=N–C) groups is 1. The minimum Gasteiger partial charge on any atom is -0.453 e. The summed E-state index contributed by atoms with van der Waals surface area (Å²) >= 11 is 6.79. The number of rotatable bonds is 11. The first-order valence-electron chi connectivity index (χ1n) is 20.6. The number of alkyl carbamates (subject to hydrolysis) is 2. The fourth-order valence-corrected chi connectivity index (χ4v) is 8.90. The van der Waals surface area contributed by atoms with Crippen molar-refractivity contribution >= 4 is 46.9 Å². The topological polar surface area (TPSA) is 158 Å². The molecule has 0 bridgehead atoms. The number of imidazole rings is 1. The highest BCUT2D eigenvalue weighted by Gasteiger charge is 2.46. The number of nitrogens with zero attached hydrogens (tertiary/aromatic N) is 4. The number of H-pyrrole nitrogens is 1. The van der Waals surface area contributed by atoms with Gasteiger partial charge in [0.05, 0.1) is 26.3 Å². The Bertz CT molecular complexity index is 2100. The molecule has 13 nitrogen and oxygen atoms in total. The van der Waals surface area contributed by atoms with E-state index in [9.17, 15) is 19.2 Å². The van der Waals surface area contributed by atoms with Crippen LogP contribution in [0.5, 0.6) is 0 Å². The van der Waals surface area contributed by atoms with Crippen molar-refractivity contribution in [1.82, 2.24) is 30.4 Å². The second-order valence-electron chi connectivity index (χ2n) is 17.0. The Hall–Kier alpha value is -5.17. The zero-order valence-electron chi connectivity index (χ0n) is 35.7. The second-order valence-corrected chi connectivity index (χ2v) is 17.4. The maximum atomic E-state index is 14.0. The van der Waals surface area contributed by atoms with E-state index in [-0.39, 0.29) is 59.7 Å². The summed E-state index contributed by atoms with van der Waals surface area (Å²) < 4.78 is 9.62. The molecule has 0 radical (unpaired) electrons. The first kappa shape index (κ1) is 43.4. The lowest BCUT2D eigenvalue weighted by Gasteiger charge is -2.34. The highest BCUT2D eigenvalue weighted by Crippen LogP contribution is 2.42. The van der Waals surface area contributed by atoms with E-state index in [2.05, 4.69) is 60.7 Å². The molecule has 3 aliphatic heterocycles. The van der Waals surface area contributed by atoms with Crippen molar-refractivity contribution in [1.29, 1.82) is 0 Å². The van der Waals surface area contributed by atoms with Crippen molar-refractivity contribution in [3.8, 4) is 22.4 Å². The molecule has 14 heteroatoms. The Morgan fingerprint density at radius 3 is 1.63 bits per heavy atom. The van der Waals surface area contributed by atoms with Crippen LogP contribution in [0.3, 0.4) is 0 Å². The predicted molar refractivity (Wildman–Crippen MR) is 230 cm³/mol. The van der Waals surface area contributed by atoms with Crippen molar-refractivity contribution in [3.63, 3.8) is 0 Å². The largest absolute Gasteiger partial charge is 0.453 e. The Labute approximate surface area is 352 Å². The molecule has 3 aromatic rings. The van der Waals surface area contributed by atoms with E-state index in [1.807, 2.05) is 74.9 Å². The molecule has 0 spiro atoms. The number of allylic oxidation sites excluding steroid dienone is 1. The molecule has 59 heavy (non-hydrogen) atoms. The number of benzene rings is 2. The van der Waals surface area contributed by atoms with Crippen molar-refractivity contribution in [2.75, 3.05) is 14.2 Å². The van der Waals surface area contributed by atoms with Gasteiger partial charge in [0.15, 0.2) is 0 Å². The fourth-order valence-electron chi connectivity index (χ4n) is 8.65. The Morgan fingerprint density at radius 1 is 0.712 bits per heavy atom. The number of ether oxygens (including phenoxy) is 2. The van der Waals surface area contributed by atoms with Crippen LogP contribution in [0.1, 0.15) is 92.1 Å². The fraction of sp³-hybridized carbons (Fsp3) is 0.511. The van der Waals surface area contributed by atoms with Crippen LogP contribution in [-0.4, -0.2) is 93.9 Å². The Morgan fingerprint density at radius 2 is 1.15 bits per heavy atom. The second kappa shape index (κ2) is 18.0. The van der Waals surface area contributed by atoms with E-state index < -0.39 is 24.3 Å². The summed E-state index contributed by atoms with van der Waals surface area (Å²) in [6, 6.07) is 14.4. The minimum absolute atomic E-state index is 0.00136. The summed E-state index contributed by atoms with van der Waals surface area (Å²) in [4.78, 5) is 68.9. The number of aromatic amines is 1. The highest BCUT2D eigenvalue weighted by atomic mass is 35.5. The zero-order chi connectivity index (χ0) is 42.9. The summed E-state index contributed by atoms with van der Waals surface area (Å²) in [6.07, 6.45) is 2.79. The summed E-state index contributed by atoms with van der Waals surface area (Å²) in [5, 5.41) is 5.86. The van der Waals surface area contributed by atoms with Gasteiger partial charge >= 0.3 is 12.2 Å². The lowest BCUT2D eigenvalue weighted by atomic mass is 9.95. The first-order valence-corrected chi connectivity index (χ1v) is 21.0. The number of carbonyl (C=O) groups is 4. The number of amides is 4. The molecule has 0 aliphatic carbocycles. The zero-order valence-corrected chi connectivity index (χ0v) is 36.5. The lowest BCUT2D eigenvalue weighted by Crippen LogP contribution is -2.55. The van der Waals surface area contributed by atoms with Crippen LogP contribution in [0.25, 0.3) is 28.0 Å². The van der Waals surface area contributed by atoms with Gasteiger partial charge in [0.2, 0.25) is 11.8 Å². The van der Waals surface area contributed by atoms with E-state index in [0.717, 1.165) is 40.0 Å². The predicted octanol–water partition coefficient (Wildman–Crippen LogP) is 8.27. The van der Waals surface area contributed by atoms with Gasteiger partial charge in [0, 0.05) is 36.0 Å². The van der Waals surface area contributed by atoms with Gasteiger partial charge < -0.3 is 34.9 Å². The Kier molecular flexibility index (Phi) is 13.2. The molecular weight excluding hydrogens is 770 g/mol. The normalized spacial score (nSPS) is 23.9. The molecule has 3 N–H and O–H groups in total. The van der Waals surface area contributed by atoms with Crippen LogP contribution in [0, 0.1) is 23.7 Å². The summed E-state index contributed by atoms with van der Waals surface area (Å²) in [5.41, 5.74) is 6.62. The van der Waals surface area contributed by atoms with Gasteiger partial charge in [-0.15, -0.1) is 0 Å². The quantitative estimate of drug-likeness (QED) is 0.176. The van der Waals surface area contributed by atoms with Gasteiger partial charge in [0.25, 0.3) is 0 Å². The van der Waals surface area contributed by atoms with Crippen LogP contribution in [0.4, 0.5) is 9.59 Å². The first-order chi connectivity index (χ1) is 28.0. The minimum atomic E-state index is -0.750. The van der Waals surface area contributed by atoms with E-state index in [1.165, 1.54) is 14.2 Å². The van der Waals surface area contributed by atoms with Crippen LogP contribution in [0.2, 0.25) is 5.15 Å². The molecule has 8 atom stereocenters. The van der Waals surface area contributed by atoms with Crippen LogP contribution < -0.4 is 10.6 Å². The molecule has 4 amide bonds. The molecule has 0 unspecified atom stereocenters. The smallest absolute Gasteiger partial charge is 0.407 e. The SMILES string of the molecule is COC(=O)N[C@H](C(=O)N1[C@H](C2=NC=C(c3ccc(-c4ccc(-c5nc([C@@H]6C[C@@H](C)[C@H](C)N6C(=O)[C@@H](NC(=O)OC)C(C)C)[nH]c5Cl)cc4)cc3)C2)C[C@@H](C)[C@@H]1C)C(C)C. The van der Waals surface area contributed by atoms with Crippen LogP contribution in [0.15, 0.2) is 59.7 Å². The number of methoxy groups -OCH3 is 2. The average molecular weight is 828 g/mol. The van der Waals surface area contributed by atoms with E-state index in [4.69, 9.17) is 31.1 Å². The van der Waals surface area contributed by atoms with Crippen molar-refractivity contribution in [2.24, 2.45) is 28.7 Å². The van der Waals surface area contributed by atoms with Gasteiger partial charge in [-0.05, 0) is 72.6 Å². The van der Waals surface area contributed by atoms with Crippen LogP contribution in [-0.2, 0) is 19.1 Å². The molecule has 2 fully saturated rings. The summed E-state index contributed by atoms with van der Waals surface area (Å²) in [5.74, 6) is 0.523. The van der Waals surface area contributed by atoms with Crippen molar-refractivity contribution in [2.45, 2.75) is 111 Å². The molecule has 6 rings (SSSR count). The number of aromatic nitrogens is 2. The number of nitrogens with one attached hydrogen (secondary N) is 3. The standard InChI is InChI=1S/C45H58ClN7O6/c1-23(2)37(49-44(56)58-9)42(54)52-27(7)25(5)19-35(52)34-21-33(22-47-34)31-13-11-29(12-14-31)30-15-17-32(18-16-30)39-40(46)51-41(48-39)36-20-26(6)28(8)53(36)43(55)38(24(3)4)50-45(57)59-10/h11-18,22-28,35-38H,19-21H2,1-10H3,(H,48,51)(H,49,56)(H,50,57)/t25-,26-,27+,28+,35+,36+,37+,38+/m1/s1. The summed E-state index contributed by atoms with van der Waals surface area (Å²) in [6.45, 7) is 16.0. The summed E-state index contributed by atoms with van der Waals surface area (Å²) in [7, 11) is 2.58. The molecular formula is C45H58ClN7O6. The molecule has 316 valence electrons. The average Bonchev–Trinajstić information content (AvgIpc) is 4.00. The van der Waals surface area contributed by atoms with Gasteiger partial charge in [0.1, 0.15) is 28.8 Å². The van der Waals surface area contributed by atoms with Crippen LogP contribution >= 0.6 is 11.6 Å². The third-order valence-corrected chi connectivity index (χ3v) is 12.8. The van der Waals surface area contributed by atoms with Gasteiger partial charge in [-0.1, -0.05) is 102 Å². The Balaban J connectivity index is 1.13. The molecule has 0 saturated carbocycles. The lowest BCUT2D eigenvalue weighted by molar-refractivity contribution is -0.138. The molecule has 2 aromatic carbocycles. The van der Waals surface area contributed by atoms with Crippen molar-refractivity contribution in [3.05, 3.63) is 71.3 Å². The maximum Gasteiger partial charge on any atom is 0.407 e. The molecule has 1 aromatic heterocycles. The van der Waals surface area contributed by atoms with Gasteiger partial charge in [-0.25, -0.2) is 14.6 Å². The van der Waals surface area contributed by atoms with Gasteiger partial charge in [-0.2, -0.15) is 0 Å². The molecule has 4 heterocycles. The van der Waals surface area contributed by atoms with E-state index >= 15 is 0 Å². The number of hydrogen-bond acceptors (Lipinski definition) is 8. The highest BCUT2D eigenvalue weighted by molar-refractivity contribution is 6.32. The third kappa shape index (κ3) is 8.90. The van der Waals surface area contributed by atoms with E-state index in [0.29, 0.717) is 29.5 Å². The third-order valence-electron chi connectivity index (χ3n) is 12.6. The number of carbonyl (C=O) groups excluding carboxylic acids is 4. The van der Waals surface area contributed by atoms with Crippen molar-refractivity contribution < 1.29 is 28.7 Å². The monoisotopic (exact) mass is 827 g/mol. The van der Waals surface area contributed by atoms with Gasteiger partial charge in [-0.3, -0.25) is 14.6 Å². The maximum absolute atomic E-state index is 14.0.